The number of hydrogen-bond acceptors (Lipinski definition) is 4. The third-order valence-corrected chi connectivity index (χ3v) is 2.57. The van der Waals surface area contributed by atoms with Gasteiger partial charge in [0.05, 0.1) is 12.7 Å². The summed E-state index contributed by atoms with van der Waals surface area (Å²) in [4.78, 5) is 0. The van der Waals surface area contributed by atoms with Crippen molar-refractivity contribution in [2.24, 2.45) is 5.73 Å². The van der Waals surface area contributed by atoms with Crippen LogP contribution in [0.1, 0.15) is 39.0 Å². The van der Waals surface area contributed by atoms with Gasteiger partial charge in [0.2, 0.25) is 0 Å². The monoisotopic (exact) mass is 218 g/mol. The second-order valence-electron chi connectivity index (χ2n) is 3.95. The average Bonchev–Trinajstić information content (AvgIpc) is 2.27. The molecule has 0 aromatic rings. The number of nitrogens with two attached hydrogens (primary N) is 1. The molecule has 0 heterocycles. The van der Waals surface area contributed by atoms with E-state index in [9.17, 15) is 5.11 Å². The summed E-state index contributed by atoms with van der Waals surface area (Å²) in [6.45, 7) is 3.24. The van der Waals surface area contributed by atoms with E-state index in [2.05, 4.69) is 12.2 Å². The minimum atomic E-state index is -0.668. The minimum Gasteiger partial charge on any atom is -0.394 e. The summed E-state index contributed by atoms with van der Waals surface area (Å²) in [5.74, 6) is 0. The van der Waals surface area contributed by atoms with Gasteiger partial charge >= 0.3 is 0 Å². The lowest BCUT2D eigenvalue weighted by Crippen LogP contribution is -2.43. The lowest BCUT2D eigenvalue weighted by atomic mass is 10.0. The van der Waals surface area contributed by atoms with Crippen LogP contribution in [0.3, 0.4) is 0 Å². The number of aliphatic hydroxyl groups is 2. The van der Waals surface area contributed by atoms with Gasteiger partial charge in [-0.05, 0) is 6.42 Å². The topological polar surface area (TPSA) is 78.5 Å². The molecule has 0 aromatic heterocycles. The number of unbranched alkanes of at least 4 members (excludes halogenated alkanes) is 3. The Balaban J connectivity index is 3.69. The van der Waals surface area contributed by atoms with E-state index < -0.39 is 6.10 Å². The molecule has 0 aliphatic rings. The average molecular weight is 218 g/mol. The molecule has 0 radical (unpaired) electrons. The van der Waals surface area contributed by atoms with Gasteiger partial charge in [0.15, 0.2) is 0 Å². The Morgan fingerprint density at radius 1 is 1.27 bits per heavy atom. The third kappa shape index (κ3) is 7.73. The van der Waals surface area contributed by atoms with Crippen LogP contribution in [0.2, 0.25) is 0 Å². The van der Waals surface area contributed by atoms with Crippen LogP contribution in [0.15, 0.2) is 0 Å². The second kappa shape index (κ2) is 10.4. The van der Waals surface area contributed by atoms with Gasteiger partial charge in [-0.1, -0.05) is 32.6 Å². The smallest absolute Gasteiger partial charge is 0.0923 e. The van der Waals surface area contributed by atoms with Crippen molar-refractivity contribution >= 4 is 0 Å². The van der Waals surface area contributed by atoms with Gasteiger partial charge in [-0.2, -0.15) is 0 Å². The Kier molecular flexibility index (Phi) is 10.3. The summed E-state index contributed by atoms with van der Waals surface area (Å²) in [7, 11) is 0. The van der Waals surface area contributed by atoms with Crippen LogP contribution in [0.25, 0.3) is 0 Å². The molecule has 4 heteroatoms. The van der Waals surface area contributed by atoms with Crippen LogP contribution in [-0.2, 0) is 0 Å². The molecule has 4 nitrogen and oxygen atoms in total. The summed E-state index contributed by atoms with van der Waals surface area (Å²) >= 11 is 0. The van der Waals surface area contributed by atoms with E-state index >= 15 is 0 Å². The van der Waals surface area contributed by atoms with Gasteiger partial charge in [0.25, 0.3) is 0 Å². The van der Waals surface area contributed by atoms with Crippen molar-refractivity contribution in [3.8, 4) is 0 Å². The molecule has 5 N–H and O–H groups in total. The SMILES string of the molecule is CCCCCCC(NCCN)C(O)CO. The van der Waals surface area contributed by atoms with Crippen LogP contribution in [0.4, 0.5) is 0 Å². The molecule has 0 saturated carbocycles. The molecule has 2 unspecified atom stereocenters. The van der Waals surface area contributed by atoms with Crippen LogP contribution in [0.5, 0.6) is 0 Å². The third-order valence-electron chi connectivity index (χ3n) is 2.57. The van der Waals surface area contributed by atoms with E-state index in [0.717, 1.165) is 12.8 Å². The van der Waals surface area contributed by atoms with Crippen LogP contribution < -0.4 is 11.1 Å². The van der Waals surface area contributed by atoms with Crippen molar-refractivity contribution in [3.05, 3.63) is 0 Å². The standard InChI is InChI=1S/C11H26N2O2/c1-2-3-4-5-6-10(11(15)9-14)13-8-7-12/h10-11,13-15H,2-9,12H2,1H3. The van der Waals surface area contributed by atoms with Gasteiger partial charge in [-0.25, -0.2) is 0 Å². The molecular weight excluding hydrogens is 192 g/mol. The maximum absolute atomic E-state index is 9.55. The normalized spacial score (nSPS) is 15.2. The number of hydrogen-bond donors (Lipinski definition) is 4. The van der Waals surface area contributed by atoms with Crippen LogP contribution >= 0.6 is 0 Å². The second-order valence-corrected chi connectivity index (χ2v) is 3.95. The van der Waals surface area contributed by atoms with Crippen molar-refractivity contribution in [2.75, 3.05) is 19.7 Å². The zero-order chi connectivity index (χ0) is 11.5. The van der Waals surface area contributed by atoms with E-state index in [1.165, 1.54) is 19.3 Å². The van der Waals surface area contributed by atoms with E-state index in [1.54, 1.807) is 0 Å². The predicted molar refractivity (Wildman–Crippen MR) is 62.7 cm³/mol. The number of nitrogens with one attached hydrogen (secondary N) is 1. The molecule has 0 bridgehead atoms. The van der Waals surface area contributed by atoms with Crippen molar-refractivity contribution < 1.29 is 10.2 Å². The van der Waals surface area contributed by atoms with Gasteiger partial charge in [0.1, 0.15) is 0 Å². The quantitative estimate of drug-likeness (QED) is 0.396. The Labute approximate surface area is 92.9 Å². The van der Waals surface area contributed by atoms with Gasteiger partial charge < -0.3 is 21.3 Å². The van der Waals surface area contributed by atoms with Crippen molar-refractivity contribution in [2.45, 2.75) is 51.2 Å². The molecule has 0 amide bonds. The van der Waals surface area contributed by atoms with E-state index in [1.807, 2.05) is 0 Å². The molecule has 0 aromatic carbocycles. The zero-order valence-electron chi connectivity index (χ0n) is 9.78. The first-order valence-corrected chi connectivity index (χ1v) is 5.98. The molecule has 0 saturated heterocycles. The maximum Gasteiger partial charge on any atom is 0.0923 e. The largest absolute Gasteiger partial charge is 0.394 e. The van der Waals surface area contributed by atoms with Crippen molar-refractivity contribution in [1.29, 1.82) is 0 Å². The number of rotatable bonds is 10. The Bertz CT molecular complexity index is 134. The molecular formula is C11H26N2O2. The molecule has 15 heavy (non-hydrogen) atoms. The fourth-order valence-electron chi connectivity index (χ4n) is 1.62. The summed E-state index contributed by atoms with van der Waals surface area (Å²) in [5, 5.41) is 21.6. The van der Waals surface area contributed by atoms with Gasteiger partial charge in [-0.3, -0.25) is 0 Å². The Morgan fingerprint density at radius 2 is 2.00 bits per heavy atom. The number of aliphatic hydroxyl groups excluding tert-OH is 2. The summed E-state index contributed by atoms with van der Waals surface area (Å²) in [5.41, 5.74) is 5.39. The summed E-state index contributed by atoms with van der Waals surface area (Å²) in [6, 6.07) is -0.0181. The molecule has 0 spiro atoms. The first-order valence-electron chi connectivity index (χ1n) is 5.98. The first-order chi connectivity index (χ1) is 7.26. The minimum absolute atomic E-state index is 0.0181. The molecule has 92 valence electrons. The van der Waals surface area contributed by atoms with E-state index in [0.29, 0.717) is 13.1 Å². The first kappa shape index (κ1) is 14.8. The Hall–Kier alpha value is -0.160. The fraction of sp³-hybridized carbons (Fsp3) is 1.00. The van der Waals surface area contributed by atoms with E-state index in [4.69, 9.17) is 10.8 Å². The highest BCUT2D eigenvalue weighted by Gasteiger charge is 2.16. The van der Waals surface area contributed by atoms with Crippen LogP contribution in [-0.4, -0.2) is 42.1 Å². The van der Waals surface area contributed by atoms with Crippen LogP contribution in [0, 0.1) is 0 Å². The van der Waals surface area contributed by atoms with Crippen molar-refractivity contribution in [3.63, 3.8) is 0 Å². The molecule has 0 aliphatic heterocycles. The summed E-state index contributed by atoms with van der Waals surface area (Å²) < 4.78 is 0. The highest BCUT2D eigenvalue weighted by Crippen LogP contribution is 2.08. The molecule has 0 rings (SSSR count). The van der Waals surface area contributed by atoms with Crippen molar-refractivity contribution in [1.82, 2.24) is 5.32 Å². The van der Waals surface area contributed by atoms with Gasteiger partial charge in [-0.15, -0.1) is 0 Å². The van der Waals surface area contributed by atoms with E-state index in [-0.39, 0.29) is 12.6 Å². The lowest BCUT2D eigenvalue weighted by Gasteiger charge is -2.22. The molecule has 2 atom stereocenters. The lowest BCUT2D eigenvalue weighted by molar-refractivity contribution is 0.0595. The summed E-state index contributed by atoms with van der Waals surface area (Å²) in [6.07, 6.45) is 4.96. The highest BCUT2D eigenvalue weighted by molar-refractivity contribution is 4.75. The zero-order valence-corrected chi connectivity index (χ0v) is 9.78. The Morgan fingerprint density at radius 3 is 2.53 bits per heavy atom. The predicted octanol–water partition coefficient (Wildman–Crippen LogP) is 0.227. The fourth-order valence-corrected chi connectivity index (χ4v) is 1.62. The maximum atomic E-state index is 9.55. The van der Waals surface area contributed by atoms with Gasteiger partial charge in [0, 0.05) is 19.1 Å². The highest BCUT2D eigenvalue weighted by atomic mass is 16.3. The molecule has 0 aliphatic carbocycles. The molecule has 0 fully saturated rings.